The predicted octanol–water partition coefficient (Wildman–Crippen LogP) is 1.70. The SMILES string of the molecule is OCOC1=CC=CC(OC(F)(F)F)C1. The van der Waals surface area contributed by atoms with Gasteiger partial charge in [-0.25, -0.2) is 0 Å². The van der Waals surface area contributed by atoms with Crippen molar-refractivity contribution < 1.29 is 27.8 Å². The fourth-order valence-corrected chi connectivity index (χ4v) is 1.06. The molecule has 1 aliphatic rings. The van der Waals surface area contributed by atoms with E-state index in [-0.39, 0.29) is 12.2 Å². The Labute approximate surface area is 78.4 Å². The van der Waals surface area contributed by atoms with Gasteiger partial charge in [0.25, 0.3) is 0 Å². The molecule has 0 fully saturated rings. The number of rotatable bonds is 3. The van der Waals surface area contributed by atoms with Crippen molar-refractivity contribution in [3.63, 3.8) is 0 Å². The topological polar surface area (TPSA) is 38.7 Å². The van der Waals surface area contributed by atoms with Crippen LogP contribution in [-0.4, -0.2) is 24.4 Å². The van der Waals surface area contributed by atoms with Crippen molar-refractivity contribution in [2.24, 2.45) is 0 Å². The monoisotopic (exact) mass is 210 g/mol. The fraction of sp³-hybridized carbons (Fsp3) is 0.500. The molecule has 1 unspecified atom stereocenters. The highest BCUT2D eigenvalue weighted by atomic mass is 19.4. The molecule has 0 aliphatic heterocycles. The zero-order chi connectivity index (χ0) is 10.6. The lowest BCUT2D eigenvalue weighted by Gasteiger charge is -2.19. The van der Waals surface area contributed by atoms with E-state index in [9.17, 15) is 13.2 Å². The molecule has 0 amide bonds. The predicted molar refractivity (Wildman–Crippen MR) is 40.9 cm³/mol. The highest BCUT2D eigenvalue weighted by molar-refractivity contribution is 5.16. The van der Waals surface area contributed by atoms with Crippen LogP contribution in [0.25, 0.3) is 0 Å². The van der Waals surface area contributed by atoms with Gasteiger partial charge in [-0.05, 0) is 6.08 Å². The summed E-state index contributed by atoms with van der Waals surface area (Å²) in [5.41, 5.74) is 0. The second-order valence-corrected chi connectivity index (χ2v) is 2.60. The van der Waals surface area contributed by atoms with Crippen LogP contribution in [0.4, 0.5) is 13.2 Å². The first-order valence-corrected chi connectivity index (χ1v) is 3.87. The lowest BCUT2D eigenvalue weighted by atomic mass is 10.1. The second-order valence-electron chi connectivity index (χ2n) is 2.60. The highest BCUT2D eigenvalue weighted by Gasteiger charge is 2.33. The summed E-state index contributed by atoms with van der Waals surface area (Å²) in [4.78, 5) is 0. The highest BCUT2D eigenvalue weighted by Crippen LogP contribution is 2.24. The minimum atomic E-state index is -4.66. The summed E-state index contributed by atoms with van der Waals surface area (Å²) in [5, 5.41) is 8.39. The van der Waals surface area contributed by atoms with E-state index >= 15 is 0 Å². The van der Waals surface area contributed by atoms with E-state index in [1.54, 1.807) is 0 Å². The third kappa shape index (κ3) is 3.80. The van der Waals surface area contributed by atoms with E-state index in [0.29, 0.717) is 0 Å². The average molecular weight is 210 g/mol. The summed E-state index contributed by atoms with van der Waals surface area (Å²) in [7, 11) is 0. The number of hydrogen-bond acceptors (Lipinski definition) is 3. The Morgan fingerprint density at radius 3 is 2.79 bits per heavy atom. The largest absolute Gasteiger partial charge is 0.523 e. The minimum absolute atomic E-state index is 0.0312. The van der Waals surface area contributed by atoms with Gasteiger partial charge in [0, 0.05) is 6.42 Å². The van der Waals surface area contributed by atoms with Crippen LogP contribution in [0.2, 0.25) is 0 Å². The first-order chi connectivity index (χ1) is 6.51. The molecule has 0 saturated heterocycles. The Morgan fingerprint density at radius 2 is 2.21 bits per heavy atom. The standard InChI is InChI=1S/C8H9F3O3/c9-8(10,11)14-7-3-1-2-6(4-7)13-5-12/h1-3,7,12H,4-5H2. The van der Waals surface area contributed by atoms with Crippen LogP contribution in [0.15, 0.2) is 24.0 Å². The van der Waals surface area contributed by atoms with E-state index in [1.807, 2.05) is 0 Å². The van der Waals surface area contributed by atoms with Gasteiger partial charge in [0.15, 0.2) is 6.79 Å². The quantitative estimate of drug-likeness (QED) is 0.720. The van der Waals surface area contributed by atoms with Crippen molar-refractivity contribution in [3.05, 3.63) is 24.0 Å². The molecule has 14 heavy (non-hydrogen) atoms. The third-order valence-corrected chi connectivity index (χ3v) is 1.55. The average Bonchev–Trinajstić information content (AvgIpc) is 2.02. The fourth-order valence-electron chi connectivity index (χ4n) is 1.06. The van der Waals surface area contributed by atoms with Crippen LogP contribution in [0.3, 0.4) is 0 Å². The maximum absolute atomic E-state index is 11.8. The van der Waals surface area contributed by atoms with Crippen molar-refractivity contribution in [1.82, 2.24) is 0 Å². The Morgan fingerprint density at radius 1 is 1.50 bits per heavy atom. The lowest BCUT2D eigenvalue weighted by molar-refractivity contribution is -0.336. The maximum Gasteiger partial charge on any atom is 0.523 e. The van der Waals surface area contributed by atoms with Gasteiger partial charge in [-0.2, -0.15) is 0 Å². The molecule has 1 atom stereocenters. The molecule has 1 N–H and O–H groups in total. The van der Waals surface area contributed by atoms with Crippen LogP contribution in [-0.2, 0) is 9.47 Å². The zero-order valence-corrected chi connectivity index (χ0v) is 7.12. The van der Waals surface area contributed by atoms with Gasteiger partial charge >= 0.3 is 6.36 Å². The van der Waals surface area contributed by atoms with Crippen molar-refractivity contribution >= 4 is 0 Å². The number of aliphatic hydroxyl groups excluding tert-OH is 1. The summed E-state index contributed by atoms with van der Waals surface area (Å²) in [6, 6.07) is 0. The Kier molecular flexibility index (Phi) is 3.54. The van der Waals surface area contributed by atoms with Crippen molar-refractivity contribution in [2.75, 3.05) is 6.79 Å². The first kappa shape index (κ1) is 11.1. The summed E-state index contributed by atoms with van der Waals surface area (Å²) in [6.07, 6.45) is -1.62. The molecule has 0 aromatic rings. The summed E-state index contributed by atoms with van der Waals surface area (Å²) >= 11 is 0. The van der Waals surface area contributed by atoms with Gasteiger partial charge in [0.2, 0.25) is 0 Å². The van der Waals surface area contributed by atoms with Crippen LogP contribution in [0.5, 0.6) is 0 Å². The Balaban J connectivity index is 2.46. The molecule has 0 spiro atoms. The molecule has 0 heterocycles. The van der Waals surface area contributed by atoms with Crippen molar-refractivity contribution in [3.8, 4) is 0 Å². The zero-order valence-electron chi connectivity index (χ0n) is 7.12. The number of hydrogen-bond donors (Lipinski definition) is 1. The van der Waals surface area contributed by atoms with Crippen LogP contribution < -0.4 is 0 Å². The van der Waals surface area contributed by atoms with E-state index in [2.05, 4.69) is 9.47 Å². The summed E-state index contributed by atoms with van der Waals surface area (Å²) in [5.74, 6) is 0.268. The molecule has 0 radical (unpaired) electrons. The van der Waals surface area contributed by atoms with Gasteiger partial charge in [-0.1, -0.05) is 12.2 Å². The molecule has 3 nitrogen and oxygen atoms in total. The van der Waals surface area contributed by atoms with Crippen LogP contribution in [0.1, 0.15) is 6.42 Å². The number of aliphatic hydroxyl groups is 1. The van der Waals surface area contributed by atoms with Gasteiger partial charge in [-0.3, -0.25) is 4.74 Å². The van der Waals surface area contributed by atoms with Gasteiger partial charge in [0.05, 0.1) is 6.10 Å². The van der Waals surface area contributed by atoms with E-state index < -0.39 is 19.3 Å². The van der Waals surface area contributed by atoms with Gasteiger partial charge in [0.1, 0.15) is 5.76 Å². The second kappa shape index (κ2) is 4.47. The van der Waals surface area contributed by atoms with Crippen molar-refractivity contribution in [2.45, 2.75) is 18.9 Å². The number of allylic oxidation sites excluding steroid dienone is 2. The minimum Gasteiger partial charge on any atom is -0.472 e. The first-order valence-electron chi connectivity index (χ1n) is 3.87. The van der Waals surface area contributed by atoms with Crippen LogP contribution >= 0.6 is 0 Å². The summed E-state index contributed by atoms with van der Waals surface area (Å²) < 4.78 is 43.8. The van der Waals surface area contributed by atoms with Crippen LogP contribution in [0, 0.1) is 0 Å². The van der Waals surface area contributed by atoms with E-state index in [1.165, 1.54) is 18.2 Å². The number of ether oxygens (including phenoxy) is 2. The molecule has 0 aromatic carbocycles. The molecule has 0 saturated carbocycles. The summed E-state index contributed by atoms with van der Waals surface area (Å²) in [6.45, 7) is -0.557. The molecule has 1 rings (SSSR count). The molecule has 80 valence electrons. The molecule has 0 bridgehead atoms. The smallest absolute Gasteiger partial charge is 0.472 e. The lowest BCUT2D eigenvalue weighted by Crippen LogP contribution is -2.24. The molecular formula is C8H9F3O3. The van der Waals surface area contributed by atoms with Gasteiger partial charge < -0.3 is 9.84 Å². The van der Waals surface area contributed by atoms with Crippen molar-refractivity contribution in [1.29, 1.82) is 0 Å². The normalized spacial score (nSPS) is 22.0. The molecule has 0 aromatic heterocycles. The van der Waals surface area contributed by atoms with E-state index in [0.717, 1.165) is 0 Å². The Bertz CT molecular complexity index is 245. The number of halogens is 3. The number of alkyl halides is 3. The third-order valence-electron chi connectivity index (χ3n) is 1.55. The maximum atomic E-state index is 11.8. The van der Waals surface area contributed by atoms with E-state index in [4.69, 9.17) is 5.11 Å². The Hall–Kier alpha value is -1.01. The van der Waals surface area contributed by atoms with Gasteiger partial charge in [-0.15, -0.1) is 13.2 Å². The molecule has 1 aliphatic carbocycles. The molecule has 6 heteroatoms. The molecular weight excluding hydrogens is 201 g/mol.